The third-order valence-corrected chi connectivity index (χ3v) is 5.92. The molecule has 4 aromatic rings. The molecule has 160 valence electrons. The van der Waals surface area contributed by atoms with Crippen LogP contribution in [0.15, 0.2) is 79.0 Å². The second-order valence-corrected chi connectivity index (χ2v) is 8.23. The fourth-order valence-electron chi connectivity index (χ4n) is 3.26. The van der Waals surface area contributed by atoms with E-state index in [1.54, 1.807) is 18.3 Å². The largest absolute Gasteiger partial charge is 0.302 e. The SMILES string of the molecule is CC#CC#Cc1ccc(N(c2ccc(C)cc2)c2ccc(-c3ccnc(C)c3)s2)cc1.[HH].[HH].[HH].[HH].[HH]. The van der Waals surface area contributed by atoms with Gasteiger partial charge in [0.1, 0.15) is 5.00 Å². The van der Waals surface area contributed by atoms with E-state index in [0.29, 0.717) is 0 Å². The van der Waals surface area contributed by atoms with E-state index in [9.17, 15) is 0 Å². The fraction of sp³-hybridized carbons (Fsp3) is 0.107. The molecule has 0 fully saturated rings. The summed E-state index contributed by atoms with van der Waals surface area (Å²) in [5.41, 5.74) is 6.62. The first-order valence-corrected chi connectivity index (χ1v) is 10.9. The molecule has 2 aromatic carbocycles. The summed E-state index contributed by atoms with van der Waals surface area (Å²) < 4.78 is 0. The van der Waals surface area contributed by atoms with Crippen LogP contribution in [-0.2, 0) is 0 Å². The summed E-state index contributed by atoms with van der Waals surface area (Å²) in [7, 11) is 0. The minimum absolute atomic E-state index is 0. The van der Waals surface area contributed by atoms with E-state index in [2.05, 4.69) is 101 Å². The molecule has 0 N–H and O–H groups in total. The van der Waals surface area contributed by atoms with Crippen LogP contribution in [0.3, 0.4) is 0 Å². The van der Waals surface area contributed by atoms with Gasteiger partial charge in [-0.2, -0.15) is 0 Å². The number of hydrogen-bond acceptors (Lipinski definition) is 3. The second kappa shape index (κ2) is 9.35. The maximum Gasteiger partial charge on any atom is 0.101 e. The summed E-state index contributed by atoms with van der Waals surface area (Å²) in [6.45, 7) is 5.92. The van der Waals surface area contributed by atoms with Gasteiger partial charge >= 0.3 is 0 Å². The van der Waals surface area contributed by atoms with Crippen molar-refractivity contribution in [2.75, 3.05) is 4.90 Å². The van der Waals surface area contributed by atoms with Gasteiger partial charge in [-0.15, -0.1) is 11.3 Å². The highest BCUT2D eigenvalue weighted by Crippen LogP contribution is 2.41. The van der Waals surface area contributed by atoms with Crippen molar-refractivity contribution >= 4 is 27.7 Å². The molecule has 31 heavy (non-hydrogen) atoms. The first kappa shape index (κ1) is 20.5. The third kappa shape index (κ3) is 4.86. The zero-order chi connectivity index (χ0) is 21.6. The van der Waals surface area contributed by atoms with Crippen LogP contribution >= 0.6 is 11.3 Å². The van der Waals surface area contributed by atoms with Crippen LogP contribution in [-0.4, -0.2) is 4.98 Å². The van der Waals surface area contributed by atoms with Crippen LogP contribution in [0.5, 0.6) is 0 Å². The van der Waals surface area contributed by atoms with Gasteiger partial charge in [0.15, 0.2) is 0 Å². The van der Waals surface area contributed by atoms with Crippen molar-refractivity contribution < 1.29 is 7.13 Å². The summed E-state index contributed by atoms with van der Waals surface area (Å²) >= 11 is 1.77. The van der Waals surface area contributed by atoms with E-state index in [-0.39, 0.29) is 7.13 Å². The lowest BCUT2D eigenvalue weighted by Gasteiger charge is -2.23. The molecular weight excluding hydrogens is 396 g/mol. The summed E-state index contributed by atoms with van der Waals surface area (Å²) in [5, 5.41) is 1.16. The number of nitrogens with zero attached hydrogens (tertiary/aromatic N) is 2. The summed E-state index contributed by atoms with van der Waals surface area (Å²) in [5.74, 6) is 11.5. The summed E-state index contributed by atoms with van der Waals surface area (Å²) in [4.78, 5) is 7.82. The number of aromatic nitrogens is 1. The molecule has 0 saturated carbocycles. The second-order valence-electron chi connectivity index (χ2n) is 7.17. The predicted octanol–water partition coefficient (Wildman–Crippen LogP) is 8.50. The van der Waals surface area contributed by atoms with Crippen molar-refractivity contribution in [2.24, 2.45) is 0 Å². The van der Waals surface area contributed by atoms with Crippen LogP contribution in [0.25, 0.3) is 10.4 Å². The highest BCUT2D eigenvalue weighted by atomic mass is 32.1. The van der Waals surface area contributed by atoms with Crippen LogP contribution in [0, 0.1) is 37.5 Å². The standard InChI is InChI=1S/C28H22N2S.5H2/c1-4-5-6-7-23-10-14-26(15-11-23)30(25-12-8-21(2)9-13-25)28-17-16-27(31-28)24-18-19-29-22(3)20-24;;;;;/h8-20H,1-3H3;5*1H. The lowest BCUT2D eigenvalue weighted by molar-refractivity contribution is 1.20. The maximum absolute atomic E-state index is 4.32. The van der Waals surface area contributed by atoms with E-state index < -0.39 is 0 Å². The van der Waals surface area contributed by atoms with E-state index in [0.717, 1.165) is 27.6 Å². The number of thiophene rings is 1. The molecule has 0 saturated heterocycles. The number of pyridine rings is 1. The number of benzene rings is 2. The van der Waals surface area contributed by atoms with E-state index in [4.69, 9.17) is 0 Å². The minimum atomic E-state index is 0. The van der Waals surface area contributed by atoms with Crippen LogP contribution in [0.1, 0.15) is 30.9 Å². The molecule has 0 bridgehead atoms. The molecule has 2 heterocycles. The molecule has 0 aliphatic heterocycles. The van der Waals surface area contributed by atoms with Crippen LogP contribution in [0.4, 0.5) is 16.4 Å². The first-order valence-electron chi connectivity index (χ1n) is 10.1. The Kier molecular flexibility index (Phi) is 6.18. The average molecular weight is 429 g/mol. The Morgan fingerprint density at radius 3 is 2.23 bits per heavy atom. The summed E-state index contributed by atoms with van der Waals surface area (Å²) in [6.07, 6.45) is 1.87. The molecule has 4 rings (SSSR count). The number of anilines is 3. The first-order chi connectivity index (χ1) is 15.1. The Hall–Kier alpha value is -3.79. The zero-order valence-corrected chi connectivity index (χ0v) is 18.6. The van der Waals surface area contributed by atoms with Gasteiger partial charge in [-0.3, -0.25) is 4.98 Å². The topological polar surface area (TPSA) is 16.1 Å². The minimum Gasteiger partial charge on any atom is -0.302 e. The third-order valence-electron chi connectivity index (χ3n) is 4.81. The molecule has 0 spiro atoms. The highest BCUT2D eigenvalue weighted by Gasteiger charge is 2.15. The van der Waals surface area contributed by atoms with Gasteiger partial charge in [0.25, 0.3) is 0 Å². The lowest BCUT2D eigenvalue weighted by Crippen LogP contribution is -2.08. The zero-order valence-electron chi connectivity index (χ0n) is 17.8. The number of rotatable bonds is 4. The van der Waals surface area contributed by atoms with Crippen LogP contribution in [0.2, 0.25) is 0 Å². The van der Waals surface area contributed by atoms with Crippen molar-refractivity contribution in [1.82, 2.24) is 4.98 Å². The molecule has 2 aromatic heterocycles. The van der Waals surface area contributed by atoms with E-state index in [1.165, 1.54) is 16.0 Å². The van der Waals surface area contributed by atoms with Gasteiger partial charge < -0.3 is 4.90 Å². The van der Waals surface area contributed by atoms with Gasteiger partial charge in [0.05, 0.1) is 0 Å². The van der Waals surface area contributed by atoms with Crippen molar-refractivity contribution in [3.05, 3.63) is 95.8 Å². The Balaban J connectivity index is 0. The molecule has 0 amide bonds. The molecule has 2 nitrogen and oxygen atoms in total. The lowest BCUT2D eigenvalue weighted by atomic mass is 10.1. The Bertz CT molecular complexity index is 1330. The molecule has 0 atom stereocenters. The maximum atomic E-state index is 4.32. The normalized spacial score (nSPS) is 9.90. The Labute approximate surface area is 195 Å². The van der Waals surface area contributed by atoms with Crippen molar-refractivity contribution in [3.63, 3.8) is 0 Å². The van der Waals surface area contributed by atoms with E-state index >= 15 is 0 Å². The van der Waals surface area contributed by atoms with Gasteiger partial charge in [-0.1, -0.05) is 29.5 Å². The van der Waals surface area contributed by atoms with Crippen molar-refractivity contribution in [2.45, 2.75) is 20.8 Å². The van der Waals surface area contributed by atoms with Gasteiger partial charge in [0, 0.05) is 40.8 Å². The molecule has 0 unspecified atom stereocenters. The molecular formula is C28H32N2S. The Morgan fingerprint density at radius 2 is 1.55 bits per heavy atom. The van der Waals surface area contributed by atoms with Gasteiger partial charge in [-0.25, -0.2) is 0 Å². The van der Waals surface area contributed by atoms with Crippen molar-refractivity contribution in [1.29, 1.82) is 0 Å². The molecule has 0 radical (unpaired) electrons. The average Bonchev–Trinajstić information content (AvgIpc) is 3.26. The molecule has 0 aliphatic carbocycles. The molecule has 3 heteroatoms. The van der Waals surface area contributed by atoms with Gasteiger partial charge in [-0.05, 0) is 98.8 Å². The molecule has 0 aliphatic rings. The van der Waals surface area contributed by atoms with Crippen molar-refractivity contribution in [3.8, 4) is 34.1 Å². The van der Waals surface area contributed by atoms with Crippen LogP contribution < -0.4 is 4.90 Å². The predicted molar refractivity (Wildman–Crippen MR) is 143 cm³/mol. The smallest absolute Gasteiger partial charge is 0.101 e. The fourth-order valence-corrected chi connectivity index (χ4v) is 4.30. The number of hydrogen-bond donors (Lipinski definition) is 0. The van der Waals surface area contributed by atoms with Gasteiger partial charge in [0.2, 0.25) is 0 Å². The Morgan fingerprint density at radius 1 is 0.839 bits per heavy atom. The summed E-state index contributed by atoms with van der Waals surface area (Å²) in [6, 6.07) is 25.5. The monoisotopic (exact) mass is 428 g/mol. The highest BCUT2D eigenvalue weighted by molar-refractivity contribution is 7.19. The van der Waals surface area contributed by atoms with E-state index in [1.807, 2.05) is 25.3 Å². The quantitative estimate of drug-likeness (QED) is 0.303. The number of aryl methyl sites for hydroxylation is 2.